The van der Waals surface area contributed by atoms with E-state index in [2.05, 4.69) is 29.5 Å². The Morgan fingerprint density at radius 3 is 2.88 bits per heavy atom. The zero-order valence-corrected chi connectivity index (χ0v) is 10.6. The van der Waals surface area contributed by atoms with E-state index in [9.17, 15) is 4.79 Å². The third kappa shape index (κ3) is 2.57. The van der Waals surface area contributed by atoms with Crippen LogP contribution in [0.2, 0.25) is 0 Å². The minimum absolute atomic E-state index is 0.0149. The van der Waals surface area contributed by atoms with E-state index in [0.29, 0.717) is 11.6 Å². The van der Waals surface area contributed by atoms with Gasteiger partial charge in [-0.05, 0) is 24.8 Å². The molecule has 1 aromatic heterocycles. The first-order valence-corrected chi connectivity index (χ1v) is 6.03. The van der Waals surface area contributed by atoms with Gasteiger partial charge in [-0.1, -0.05) is 13.8 Å². The van der Waals surface area contributed by atoms with E-state index in [1.807, 2.05) is 6.92 Å². The summed E-state index contributed by atoms with van der Waals surface area (Å²) in [4.78, 5) is 16.1. The number of carbonyl (C=O) groups is 1. The predicted octanol–water partition coefficient (Wildman–Crippen LogP) is 2.04. The Morgan fingerprint density at radius 1 is 1.59 bits per heavy atom. The second kappa shape index (κ2) is 4.35. The van der Waals surface area contributed by atoms with Crippen LogP contribution in [-0.2, 0) is 0 Å². The number of anilines is 1. The first-order chi connectivity index (χ1) is 8.04. The average molecular weight is 233 g/mol. The van der Waals surface area contributed by atoms with E-state index in [4.69, 9.17) is 0 Å². The zero-order chi connectivity index (χ0) is 12.5. The molecule has 1 atom stereocenters. The molecule has 1 saturated carbocycles. The lowest BCUT2D eigenvalue weighted by atomic mass is 10.1. The molecule has 1 aromatic rings. The van der Waals surface area contributed by atoms with Gasteiger partial charge in [0.1, 0.15) is 0 Å². The van der Waals surface area contributed by atoms with Gasteiger partial charge >= 0.3 is 0 Å². The number of amides is 1. The summed E-state index contributed by atoms with van der Waals surface area (Å²) in [7, 11) is 0. The fourth-order valence-electron chi connectivity index (χ4n) is 1.87. The topological polar surface area (TPSA) is 54.0 Å². The smallest absolute Gasteiger partial charge is 0.253 e. The highest BCUT2D eigenvalue weighted by atomic mass is 16.1. The van der Waals surface area contributed by atoms with Crippen molar-refractivity contribution in [1.82, 2.24) is 10.3 Å². The second-order valence-corrected chi connectivity index (χ2v) is 5.17. The fourth-order valence-corrected chi connectivity index (χ4v) is 1.87. The molecule has 0 spiro atoms. The van der Waals surface area contributed by atoms with Crippen molar-refractivity contribution < 1.29 is 4.79 Å². The van der Waals surface area contributed by atoms with Crippen molar-refractivity contribution in [3.05, 3.63) is 24.0 Å². The van der Waals surface area contributed by atoms with Gasteiger partial charge in [-0.3, -0.25) is 9.78 Å². The maximum Gasteiger partial charge on any atom is 0.253 e. The number of nitrogens with zero attached hydrogens (tertiary/aromatic N) is 1. The van der Waals surface area contributed by atoms with Gasteiger partial charge in [0.25, 0.3) is 5.91 Å². The minimum atomic E-state index is -0.0149. The van der Waals surface area contributed by atoms with E-state index in [1.54, 1.807) is 18.5 Å². The molecule has 0 saturated heterocycles. The van der Waals surface area contributed by atoms with Crippen molar-refractivity contribution in [2.75, 3.05) is 11.9 Å². The number of nitrogens with one attached hydrogen (secondary N) is 2. The van der Waals surface area contributed by atoms with Gasteiger partial charge in [-0.15, -0.1) is 0 Å². The molecular weight excluding hydrogens is 214 g/mol. The third-order valence-corrected chi connectivity index (χ3v) is 3.25. The summed E-state index contributed by atoms with van der Waals surface area (Å²) in [5, 5.41) is 6.20. The summed E-state index contributed by atoms with van der Waals surface area (Å²) in [6, 6.07) is 2.06. The van der Waals surface area contributed by atoms with Crippen molar-refractivity contribution in [3.8, 4) is 0 Å². The Balaban J connectivity index is 2.08. The highest BCUT2D eigenvalue weighted by Crippen LogP contribution is 2.44. The Morgan fingerprint density at radius 2 is 2.29 bits per heavy atom. The number of pyridine rings is 1. The van der Waals surface area contributed by atoms with E-state index >= 15 is 0 Å². The van der Waals surface area contributed by atoms with Crippen LogP contribution in [0.25, 0.3) is 0 Å². The Kier molecular flexibility index (Phi) is 3.05. The molecule has 0 aromatic carbocycles. The number of rotatable bonds is 4. The van der Waals surface area contributed by atoms with Gasteiger partial charge in [0.15, 0.2) is 0 Å². The van der Waals surface area contributed by atoms with Crippen LogP contribution in [0.1, 0.15) is 37.6 Å². The molecule has 17 heavy (non-hydrogen) atoms. The number of carbonyl (C=O) groups excluding carboxylic acids is 1. The quantitative estimate of drug-likeness (QED) is 0.836. The first-order valence-electron chi connectivity index (χ1n) is 6.03. The minimum Gasteiger partial charge on any atom is -0.383 e. The number of hydrogen-bond acceptors (Lipinski definition) is 3. The first kappa shape index (κ1) is 11.9. The number of aromatic nitrogens is 1. The van der Waals surface area contributed by atoms with Crippen LogP contribution in [0.15, 0.2) is 18.5 Å². The van der Waals surface area contributed by atoms with E-state index < -0.39 is 0 Å². The monoisotopic (exact) mass is 233 g/mol. The maximum atomic E-state index is 12.1. The fraction of sp³-hybridized carbons (Fsp3) is 0.538. The highest BCUT2D eigenvalue weighted by molar-refractivity contribution is 5.99. The molecule has 2 rings (SSSR count). The summed E-state index contributed by atoms with van der Waals surface area (Å²) in [5.74, 6) is -0.0149. The van der Waals surface area contributed by atoms with Gasteiger partial charge in [-0.2, -0.15) is 0 Å². The van der Waals surface area contributed by atoms with E-state index in [-0.39, 0.29) is 11.3 Å². The Labute approximate surface area is 102 Å². The van der Waals surface area contributed by atoms with Crippen LogP contribution < -0.4 is 10.6 Å². The highest BCUT2D eigenvalue weighted by Gasteiger charge is 2.46. The van der Waals surface area contributed by atoms with Crippen molar-refractivity contribution in [2.45, 2.75) is 33.2 Å². The van der Waals surface area contributed by atoms with E-state index in [1.165, 1.54) is 0 Å². The predicted molar refractivity (Wildman–Crippen MR) is 68.1 cm³/mol. The van der Waals surface area contributed by atoms with Gasteiger partial charge < -0.3 is 10.6 Å². The van der Waals surface area contributed by atoms with Crippen molar-refractivity contribution in [3.63, 3.8) is 0 Å². The van der Waals surface area contributed by atoms with Crippen LogP contribution in [-0.4, -0.2) is 23.5 Å². The maximum absolute atomic E-state index is 12.1. The van der Waals surface area contributed by atoms with Crippen LogP contribution in [0.3, 0.4) is 0 Å². The zero-order valence-electron chi connectivity index (χ0n) is 10.6. The summed E-state index contributed by atoms with van der Waals surface area (Å²) in [6.45, 7) is 7.10. The van der Waals surface area contributed by atoms with Gasteiger partial charge in [0, 0.05) is 18.8 Å². The van der Waals surface area contributed by atoms with Crippen LogP contribution in [0, 0.1) is 5.41 Å². The standard InChI is InChI=1S/C13H19N3O/c1-4-15-10-8-14-6-5-9(10)12(17)16-11-7-13(11,2)3/h5-6,8,11,15H,4,7H2,1-3H3,(H,16,17). The SMILES string of the molecule is CCNc1cnccc1C(=O)NC1CC1(C)C. The lowest BCUT2D eigenvalue weighted by Gasteiger charge is -2.11. The molecule has 2 N–H and O–H groups in total. The molecule has 1 amide bonds. The average Bonchev–Trinajstić information content (AvgIpc) is 2.87. The molecule has 4 heteroatoms. The molecule has 0 aliphatic heterocycles. The largest absolute Gasteiger partial charge is 0.383 e. The molecule has 1 aliphatic carbocycles. The molecule has 0 radical (unpaired) electrons. The molecule has 1 aliphatic rings. The van der Waals surface area contributed by atoms with Gasteiger partial charge in [0.2, 0.25) is 0 Å². The normalized spacial score (nSPS) is 20.8. The molecular formula is C13H19N3O. The van der Waals surface area contributed by atoms with Crippen molar-refractivity contribution >= 4 is 11.6 Å². The molecule has 92 valence electrons. The second-order valence-electron chi connectivity index (χ2n) is 5.17. The molecule has 1 heterocycles. The number of hydrogen-bond donors (Lipinski definition) is 2. The van der Waals surface area contributed by atoms with E-state index in [0.717, 1.165) is 18.7 Å². The summed E-state index contributed by atoms with van der Waals surface area (Å²) >= 11 is 0. The molecule has 4 nitrogen and oxygen atoms in total. The van der Waals surface area contributed by atoms with Gasteiger partial charge in [-0.25, -0.2) is 0 Å². The van der Waals surface area contributed by atoms with Crippen LogP contribution in [0.4, 0.5) is 5.69 Å². The molecule has 0 bridgehead atoms. The molecule has 1 unspecified atom stereocenters. The van der Waals surface area contributed by atoms with Crippen LogP contribution >= 0.6 is 0 Å². The van der Waals surface area contributed by atoms with Crippen molar-refractivity contribution in [2.24, 2.45) is 5.41 Å². The van der Waals surface area contributed by atoms with Gasteiger partial charge in [0.05, 0.1) is 17.4 Å². The lowest BCUT2D eigenvalue weighted by molar-refractivity contribution is 0.0947. The van der Waals surface area contributed by atoms with Crippen LogP contribution in [0.5, 0.6) is 0 Å². The summed E-state index contributed by atoms with van der Waals surface area (Å²) < 4.78 is 0. The Bertz CT molecular complexity index is 428. The van der Waals surface area contributed by atoms with Crippen molar-refractivity contribution in [1.29, 1.82) is 0 Å². The summed E-state index contributed by atoms with van der Waals surface area (Å²) in [6.07, 6.45) is 4.39. The lowest BCUT2D eigenvalue weighted by Crippen LogP contribution is -2.29. The third-order valence-electron chi connectivity index (χ3n) is 3.25. The summed E-state index contributed by atoms with van der Waals surface area (Å²) in [5.41, 5.74) is 1.72. The molecule has 1 fully saturated rings. The Hall–Kier alpha value is -1.58.